The fourth-order valence-corrected chi connectivity index (χ4v) is 2.98. The Hall–Kier alpha value is -1.40. The number of rotatable bonds is 5. The van der Waals surface area contributed by atoms with Gasteiger partial charge in [-0.05, 0) is 13.0 Å². The van der Waals surface area contributed by atoms with Crippen molar-refractivity contribution in [1.82, 2.24) is 4.98 Å². The van der Waals surface area contributed by atoms with E-state index in [0.29, 0.717) is 18.0 Å². The number of halogens is 3. The van der Waals surface area contributed by atoms with Crippen LogP contribution in [-0.4, -0.2) is 17.7 Å². The number of nitrogens with zero attached hydrogens (tertiary/aromatic N) is 1. The van der Waals surface area contributed by atoms with Crippen LogP contribution in [0.5, 0.6) is 0 Å². The molecule has 1 aromatic carbocycles. The minimum atomic E-state index is -4.15. The van der Waals surface area contributed by atoms with Crippen molar-refractivity contribution < 1.29 is 13.2 Å². The van der Waals surface area contributed by atoms with Crippen molar-refractivity contribution in [2.75, 3.05) is 6.54 Å². The molecule has 0 aliphatic rings. The average molecular weight is 300 g/mol. The van der Waals surface area contributed by atoms with Crippen LogP contribution in [0.2, 0.25) is 0 Å². The van der Waals surface area contributed by atoms with Gasteiger partial charge >= 0.3 is 6.18 Å². The Morgan fingerprint density at radius 1 is 1.10 bits per heavy atom. The standard InChI is InChI=1S/C14H15F3N2S/c15-14(16,17)8-6-12-19-13(11(20-12)7-9-18)10-4-2-1-3-5-10/h1-5H,6-9,18H2. The van der Waals surface area contributed by atoms with Gasteiger partial charge in [0.25, 0.3) is 0 Å². The molecule has 0 aliphatic heterocycles. The number of alkyl halides is 3. The summed E-state index contributed by atoms with van der Waals surface area (Å²) in [5.41, 5.74) is 7.24. The van der Waals surface area contributed by atoms with Crippen LogP contribution in [0, 0.1) is 0 Å². The van der Waals surface area contributed by atoms with Gasteiger partial charge in [0.15, 0.2) is 0 Å². The molecule has 1 heterocycles. The van der Waals surface area contributed by atoms with Gasteiger partial charge in [0.2, 0.25) is 0 Å². The number of hydrogen-bond donors (Lipinski definition) is 1. The molecule has 0 unspecified atom stereocenters. The van der Waals surface area contributed by atoms with Gasteiger partial charge in [0.1, 0.15) is 0 Å². The van der Waals surface area contributed by atoms with Crippen molar-refractivity contribution in [1.29, 1.82) is 0 Å². The van der Waals surface area contributed by atoms with Gasteiger partial charge in [0.05, 0.1) is 10.7 Å². The molecule has 0 radical (unpaired) electrons. The zero-order valence-electron chi connectivity index (χ0n) is 10.8. The molecule has 0 saturated heterocycles. The first-order chi connectivity index (χ1) is 9.49. The maximum atomic E-state index is 12.3. The summed E-state index contributed by atoms with van der Waals surface area (Å²) in [6.45, 7) is 0.459. The fourth-order valence-electron chi connectivity index (χ4n) is 1.88. The molecule has 2 N–H and O–H groups in total. The summed E-state index contributed by atoms with van der Waals surface area (Å²) >= 11 is 1.33. The minimum Gasteiger partial charge on any atom is -0.330 e. The molecular formula is C14H15F3N2S. The second-order valence-corrected chi connectivity index (χ2v) is 5.57. The number of hydrogen-bond acceptors (Lipinski definition) is 3. The summed E-state index contributed by atoms with van der Waals surface area (Å²) in [4.78, 5) is 5.32. The van der Waals surface area contributed by atoms with E-state index in [9.17, 15) is 13.2 Å². The lowest BCUT2D eigenvalue weighted by atomic mass is 10.1. The Bertz CT molecular complexity index is 549. The van der Waals surface area contributed by atoms with Crippen LogP contribution in [0.25, 0.3) is 11.3 Å². The van der Waals surface area contributed by atoms with Crippen molar-refractivity contribution in [3.8, 4) is 11.3 Å². The molecule has 0 aliphatic carbocycles. The quantitative estimate of drug-likeness (QED) is 0.912. The maximum Gasteiger partial charge on any atom is 0.389 e. The summed E-state index contributed by atoms with van der Waals surface area (Å²) < 4.78 is 36.8. The van der Waals surface area contributed by atoms with Gasteiger partial charge in [-0.3, -0.25) is 0 Å². The third kappa shape index (κ3) is 4.05. The maximum absolute atomic E-state index is 12.3. The molecule has 0 atom stereocenters. The van der Waals surface area contributed by atoms with Gasteiger partial charge in [0, 0.05) is 23.3 Å². The minimum absolute atomic E-state index is 0.0709. The van der Waals surface area contributed by atoms with E-state index in [4.69, 9.17) is 5.73 Å². The zero-order chi connectivity index (χ0) is 14.6. The average Bonchev–Trinajstić information content (AvgIpc) is 2.80. The van der Waals surface area contributed by atoms with Crippen LogP contribution in [0.15, 0.2) is 30.3 Å². The van der Waals surface area contributed by atoms with Crippen LogP contribution < -0.4 is 5.73 Å². The van der Waals surface area contributed by atoms with Crippen LogP contribution in [0.4, 0.5) is 13.2 Å². The molecule has 108 valence electrons. The Labute approximate surface area is 119 Å². The van der Waals surface area contributed by atoms with Crippen molar-refractivity contribution in [2.24, 2.45) is 5.73 Å². The van der Waals surface area contributed by atoms with Gasteiger partial charge in [-0.2, -0.15) is 13.2 Å². The predicted octanol–water partition coefficient (Wildman–Crippen LogP) is 3.81. The number of aryl methyl sites for hydroxylation is 1. The third-order valence-corrected chi connectivity index (χ3v) is 3.96. The Morgan fingerprint density at radius 2 is 1.80 bits per heavy atom. The molecule has 0 spiro atoms. The molecule has 2 rings (SSSR count). The second-order valence-electron chi connectivity index (χ2n) is 4.40. The molecular weight excluding hydrogens is 285 g/mol. The van der Waals surface area contributed by atoms with E-state index >= 15 is 0 Å². The Morgan fingerprint density at radius 3 is 2.40 bits per heavy atom. The van der Waals surface area contributed by atoms with Crippen molar-refractivity contribution in [2.45, 2.75) is 25.4 Å². The highest BCUT2D eigenvalue weighted by Crippen LogP contribution is 2.31. The topological polar surface area (TPSA) is 38.9 Å². The van der Waals surface area contributed by atoms with Crippen LogP contribution in [0.3, 0.4) is 0 Å². The summed E-state index contributed by atoms with van der Waals surface area (Å²) in [6, 6.07) is 9.47. The molecule has 0 saturated carbocycles. The lowest BCUT2D eigenvalue weighted by Crippen LogP contribution is -2.08. The summed E-state index contributed by atoms with van der Waals surface area (Å²) in [5, 5.41) is 0.518. The molecule has 2 aromatic rings. The van der Waals surface area contributed by atoms with Crippen LogP contribution in [-0.2, 0) is 12.8 Å². The third-order valence-electron chi connectivity index (χ3n) is 2.78. The van der Waals surface area contributed by atoms with E-state index in [2.05, 4.69) is 4.98 Å². The molecule has 0 bridgehead atoms. The summed E-state index contributed by atoms with van der Waals surface area (Å²) in [7, 11) is 0. The smallest absolute Gasteiger partial charge is 0.330 e. The lowest BCUT2D eigenvalue weighted by molar-refractivity contribution is -0.133. The lowest BCUT2D eigenvalue weighted by Gasteiger charge is -2.02. The summed E-state index contributed by atoms with van der Waals surface area (Å²) in [5.74, 6) is 0. The van der Waals surface area contributed by atoms with E-state index in [1.165, 1.54) is 11.3 Å². The SMILES string of the molecule is NCCc1sc(CCC(F)(F)F)nc1-c1ccccc1. The molecule has 2 nitrogen and oxygen atoms in total. The first-order valence-corrected chi connectivity index (χ1v) is 7.12. The van der Waals surface area contributed by atoms with Crippen LogP contribution >= 0.6 is 11.3 Å². The van der Waals surface area contributed by atoms with Gasteiger partial charge < -0.3 is 5.73 Å². The Kier molecular flexibility index (Phi) is 4.77. The number of aromatic nitrogens is 1. The molecule has 0 fully saturated rings. The van der Waals surface area contributed by atoms with E-state index < -0.39 is 12.6 Å². The Balaban J connectivity index is 2.24. The highest BCUT2D eigenvalue weighted by Gasteiger charge is 2.27. The molecule has 1 aromatic heterocycles. The van der Waals surface area contributed by atoms with Crippen LogP contribution in [0.1, 0.15) is 16.3 Å². The second kappa shape index (κ2) is 6.37. The molecule has 20 heavy (non-hydrogen) atoms. The largest absolute Gasteiger partial charge is 0.389 e. The first kappa shape index (κ1) is 15.0. The van der Waals surface area contributed by atoms with Gasteiger partial charge in [-0.25, -0.2) is 4.98 Å². The number of nitrogens with two attached hydrogens (primary N) is 1. The van der Waals surface area contributed by atoms with E-state index in [1.54, 1.807) is 0 Å². The zero-order valence-corrected chi connectivity index (χ0v) is 11.6. The fraction of sp³-hybridized carbons (Fsp3) is 0.357. The highest BCUT2D eigenvalue weighted by molar-refractivity contribution is 7.12. The van der Waals surface area contributed by atoms with E-state index in [-0.39, 0.29) is 6.42 Å². The normalized spacial score (nSPS) is 11.8. The van der Waals surface area contributed by atoms with Crippen molar-refractivity contribution in [3.05, 3.63) is 40.2 Å². The first-order valence-electron chi connectivity index (χ1n) is 6.30. The molecule has 0 amide bonds. The monoisotopic (exact) mass is 300 g/mol. The summed E-state index contributed by atoms with van der Waals surface area (Å²) in [6.07, 6.45) is -4.42. The van der Waals surface area contributed by atoms with Gasteiger partial charge in [-0.15, -0.1) is 11.3 Å². The van der Waals surface area contributed by atoms with E-state index in [1.807, 2.05) is 30.3 Å². The number of benzene rings is 1. The molecule has 6 heteroatoms. The van der Waals surface area contributed by atoms with Crippen molar-refractivity contribution in [3.63, 3.8) is 0 Å². The van der Waals surface area contributed by atoms with Gasteiger partial charge in [-0.1, -0.05) is 30.3 Å². The van der Waals surface area contributed by atoms with E-state index in [0.717, 1.165) is 16.1 Å². The predicted molar refractivity (Wildman–Crippen MR) is 74.7 cm³/mol. The number of thiazole rings is 1. The van der Waals surface area contributed by atoms with Crippen molar-refractivity contribution >= 4 is 11.3 Å². The highest BCUT2D eigenvalue weighted by atomic mass is 32.1.